The van der Waals surface area contributed by atoms with Crippen molar-refractivity contribution >= 4 is 29.6 Å². The first kappa shape index (κ1) is 41.8. The number of likely N-dealkylation sites (tertiary alicyclic amines) is 2. The lowest BCUT2D eigenvalue weighted by molar-refractivity contribution is -0.148. The number of imidazole rings is 1. The van der Waals surface area contributed by atoms with Crippen LogP contribution in [0.15, 0.2) is 47.2 Å². The van der Waals surface area contributed by atoms with E-state index in [0.717, 1.165) is 48.1 Å². The predicted octanol–water partition coefficient (Wildman–Crippen LogP) is 6.03. The van der Waals surface area contributed by atoms with Gasteiger partial charge in [0.05, 0.1) is 44.8 Å². The Labute approximate surface area is 331 Å². The van der Waals surface area contributed by atoms with Gasteiger partial charge in [-0.25, -0.2) is 9.78 Å². The van der Waals surface area contributed by atoms with Gasteiger partial charge in [-0.3, -0.25) is 19.4 Å². The number of nitrogens with one attached hydrogen (secondary N) is 2. The summed E-state index contributed by atoms with van der Waals surface area (Å²) in [6.45, 7) is 13.3. The van der Waals surface area contributed by atoms with Crippen molar-refractivity contribution in [1.82, 2.24) is 25.1 Å². The summed E-state index contributed by atoms with van der Waals surface area (Å²) in [6, 6.07) is 6.66. The molecule has 2 N–H and O–H groups in total. The normalized spacial score (nSPS) is 21.4. The molecule has 3 aliphatic rings. The van der Waals surface area contributed by atoms with Gasteiger partial charge in [-0.05, 0) is 66.7 Å². The van der Waals surface area contributed by atoms with Crippen molar-refractivity contribution in [2.24, 2.45) is 34.6 Å². The monoisotopic (exact) mass is 764 g/mol. The van der Waals surface area contributed by atoms with Crippen molar-refractivity contribution in [3.05, 3.63) is 64.9 Å². The Morgan fingerprint density at radius 2 is 1.45 bits per heavy atom. The van der Waals surface area contributed by atoms with Gasteiger partial charge in [0.25, 0.3) is 0 Å². The SMILES string of the molecule is CC[C@H]1C[C@@H](C2=NC=C(C#Cc3ccc(C#Cc4cnc([C@@H]5C[C@H](CC)CN5C(=O)[C@@H](NC(=O)OC)C(C)C)[nH]4)cc3)C2)N(C(=O)[C@@H](CC(=O)OC)C(C)C)C1. The standard InChI is InChI=1S/C44H56N6O6/c1-9-29-20-37(49(25-29)42(52)35(27(3)4)22-39(51)55-7)36-19-33(23-45-36)16-15-31-11-13-32(14-12-31)17-18-34-24-46-41(47-34)38-21-30(10-2)26-50(38)43(53)40(28(5)6)48-44(54)56-8/h11-14,23-24,27-30,35,37-38,40H,9-10,19-22,25-26H2,1-8H3,(H,46,47)(H,48,54)/t29-,30-,35-,37-,38-,40-/m0/s1. The summed E-state index contributed by atoms with van der Waals surface area (Å²) in [5, 5.41) is 2.70. The molecule has 2 aromatic rings. The number of aromatic amines is 1. The van der Waals surface area contributed by atoms with Gasteiger partial charge < -0.3 is 29.6 Å². The van der Waals surface area contributed by atoms with Crippen LogP contribution >= 0.6 is 0 Å². The third kappa shape index (κ3) is 10.1. The van der Waals surface area contributed by atoms with Gasteiger partial charge >= 0.3 is 12.1 Å². The summed E-state index contributed by atoms with van der Waals surface area (Å²) in [5.41, 5.74) is 4.15. The maximum Gasteiger partial charge on any atom is 0.407 e. The van der Waals surface area contributed by atoms with E-state index in [2.05, 4.69) is 52.8 Å². The summed E-state index contributed by atoms with van der Waals surface area (Å²) in [7, 11) is 2.64. The van der Waals surface area contributed by atoms with Gasteiger partial charge in [-0.15, -0.1) is 0 Å². The van der Waals surface area contributed by atoms with E-state index >= 15 is 0 Å². The zero-order chi connectivity index (χ0) is 40.5. The summed E-state index contributed by atoms with van der Waals surface area (Å²) in [6.07, 6.45) is 7.06. The number of carbonyl (C=O) groups is 4. The Hall–Kier alpha value is -5.36. The molecule has 0 saturated carbocycles. The number of hydrogen-bond acceptors (Lipinski definition) is 8. The molecule has 0 radical (unpaired) electrons. The van der Waals surface area contributed by atoms with E-state index in [1.54, 1.807) is 6.20 Å². The number of carbonyl (C=O) groups excluding carboxylic acids is 4. The number of methoxy groups -OCH3 is 2. The van der Waals surface area contributed by atoms with Gasteiger partial charge in [-0.1, -0.05) is 72.1 Å². The number of rotatable bonds is 11. The smallest absolute Gasteiger partial charge is 0.407 e. The minimum Gasteiger partial charge on any atom is -0.469 e. The summed E-state index contributed by atoms with van der Waals surface area (Å²) < 4.78 is 9.66. The first-order valence-electron chi connectivity index (χ1n) is 19.8. The summed E-state index contributed by atoms with van der Waals surface area (Å²) in [4.78, 5) is 68.0. The molecule has 56 heavy (non-hydrogen) atoms. The molecule has 0 spiro atoms. The molecule has 2 saturated heterocycles. The minimum absolute atomic E-state index is 0.00607. The highest BCUT2D eigenvalue weighted by Gasteiger charge is 2.42. The summed E-state index contributed by atoms with van der Waals surface area (Å²) in [5.74, 6) is 13.2. The molecule has 298 valence electrons. The zero-order valence-electron chi connectivity index (χ0n) is 34.0. The lowest BCUT2D eigenvalue weighted by Gasteiger charge is -2.30. The number of allylic oxidation sites excluding steroid dienone is 1. The second kappa shape index (κ2) is 19.0. The van der Waals surface area contributed by atoms with Gasteiger partial charge in [0, 0.05) is 48.1 Å². The highest BCUT2D eigenvalue weighted by atomic mass is 16.5. The molecule has 4 heterocycles. The first-order chi connectivity index (χ1) is 26.8. The number of benzene rings is 1. The molecule has 1 aromatic heterocycles. The van der Waals surface area contributed by atoms with Gasteiger partial charge in [-0.2, -0.15) is 0 Å². The van der Waals surface area contributed by atoms with Gasteiger partial charge in [0.2, 0.25) is 11.8 Å². The molecule has 12 nitrogen and oxygen atoms in total. The van der Waals surface area contributed by atoms with Crippen LogP contribution < -0.4 is 5.32 Å². The molecule has 2 fully saturated rings. The lowest BCUT2D eigenvalue weighted by Crippen LogP contribution is -2.51. The highest BCUT2D eigenvalue weighted by molar-refractivity contribution is 5.98. The number of aromatic nitrogens is 2. The fraction of sp³-hybridized carbons (Fsp3) is 0.545. The number of ether oxygens (including phenoxy) is 2. The Morgan fingerprint density at radius 3 is 2.02 bits per heavy atom. The van der Waals surface area contributed by atoms with E-state index in [1.807, 2.05) is 68.0 Å². The number of alkyl carbamates (subject to hydrolysis) is 1. The number of hydrogen-bond donors (Lipinski definition) is 2. The van der Waals surface area contributed by atoms with E-state index in [9.17, 15) is 19.2 Å². The molecule has 12 heteroatoms. The second-order valence-corrected chi connectivity index (χ2v) is 15.7. The largest absolute Gasteiger partial charge is 0.469 e. The molecule has 0 aliphatic carbocycles. The Kier molecular flexibility index (Phi) is 14.2. The molecule has 3 aliphatic heterocycles. The number of esters is 1. The van der Waals surface area contributed by atoms with Crippen molar-refractivity contribution < 1.29 is 28.7 Å². The predicted molar refractivity (Wildman–Crippen MR) is 214 cm³/mol. The van der Waals surface area contributed by atoms with Crippen LogP contribution in [0.5, 0.6) is 0 Å². The highest BCUT2D eigenvalue weighted by Crippen LogP contribution is 2.37. The quantitative estimate of drug-likeness (QED) is 0.210. The van der Waals surface area contributed by atoms with Crippen molar-refractivity contribution in [3.63, 3.8) is 0 Å². The second-order valence-electron chi connectivity index (χ2n) is 15.7. The maximum atomic E-state index is 13.8. The Bertz CT molecular complexity index is 1940. The van der Waals surface area contributed by atoms with Crippen LogP contribution in [0.2, 0.25) is 0 Å². The number of nitrogens with zero attached hydrogens (tertiary/aromatic N) is 4. The van der Waals surface area contributed by atoms with E-state index < -0.39 is 18.1 Å². The Morgan fingerprint density at radius 1 is 0.839 bits per heavy atom. The van der Waals surface area contributed by atoms with Crippen LogP contribution in [0.3, 0.4) is 0 Å². The first-order valence-corrected chi connectivity index (χ1v) is 19.8. The summed E-state index contributed by atoms with van der Waals surface area (Å²) >= 11 is 0. The third-order valence-electron chi connectivity index (χ3n) is 11.3. The van der Waals surface area contributed by atoms with E-state index in [0.29, 0.717) is 42.9 Å². The number of amides is 3. The Balaban J connectivity index is 1.20. The van der Waals surface area contributed by atoms with Crippen LogP contribution in [0.1, 0.15) is 109 Å². The van der Waals surface area contributed by atoms with E-state index in [4.69, 9.17) is 14.5 Å². The van der Waals surface area contributed by atoms with Crippen LogP contribution in [0, 0.1) is 53.3 Å². The van der Waals surface area contributed by atoms with Crippen LogP contribution in [-0.4, -0.2) is 88.7 Å². The van der Waals surface area contributed by atoms with Gasteiger partial charge in [0.1, 0.15) is 17.6 Å². The van der Waals surface area contributed by atoms with Crippen molar-refractivity contribution in [1.29, 1.82) is 0 Å². The molecule has 3 amide bonds. The van der Waals surface area contributed by atoms with E-state index in [-0.39, 0.29) is 48.1 Å². The van der Waals surface area contributed by atoms with Crippen LogP contribution in [-0.2, 0) is 23.9 Å². The molecule has 1 aromatic carbocycles. The fourth-order valence-corrected chi connectivity index (χ4v) is 7.69. The van der Waals surface area contributed by atoms with Crippen molar-refractivity contribution in [3.8, 4) is 23.7 Å². The molecule has 5 rings (SSSR count). The minimum atomic E-state index is -0.708. The van der Waals surface area contributed by atoms with Gasteiger partial charge in [0.15, 0.2) is 0 Å². The average molecular weight is 765 g/mol. The fourth-order valence-electron chi connectivity index (χ4n) is 7.69. The molecular weight excluding hydrogens is 709 g/mol. The van der Waals surface area contributed by atoms with E-state index in [1.165, 1.54) is 14.2 Å². The third-order valence-corrected chi connectivity index (χ3v) is 11.3. The van der Waals surface area contributed by atoms with Crippen molar-refractivity contribution in [2.75, 3.05) is 27.3 Å². The zero-order valence-corrected chi connectivity index (χ0v) is 34.0. The number of H-pyrrole nitrogens is 1. The molecular formula is C44H56N6O6. The molecule has 0 bridgehead atoms. The maximum absolute atomic E-state index is 13.8. The van der Waals surface area contributed by atoms with Crippen LogP contribution in [0.4, 0.5) is 4.79 Å². The topological polar surface area (TPSA) is 146 Å². The van der Waals surface area contributed by atoms with Crippen LogP contribution in [0.25, 0.3) is 0 Å². The lowest BCUT2D eigenvalue weighted by atomic mass is 9.90. The average Bonchev–Trinajstić information content (AvgIpc) is 4.02. The molecule has 0 unspecified atom stereocenters. The molecule has 6 atom stereocenters. The number of aliphatic imine (C=N–C) groups is 1. The van der Waals surface area contributed by atoms with Crippen molar-refractivity contribution in [2.45, 2.75) is 98.2 Å².